The van der Waals surface area contributed by atoms with E-state index in [1.54, 1.807) is 7.11 Å². The highest BCUT2D eigenvalue weighted by atomic mass is 35.5. The second kappa shape index (κ2) is 5.21. The predicted molar refractivity (Wildman–Crippen MR) is 68.6 cm³/mol. The van der Waals surface area contributed by atoms with Crippen molar-refractivity contribution in [2.24, 2.45) is 0 Å². The number of aromatic nitrogens is 1. The summed E-state index contributed by atoms with van der Waals surface area (Å²) < 4.78 is 5.05. The van der Waals surface area contributed by atoms with Gasteiger partial charge >= 0.3 is 0 Å². The van der Waals surface area contributed by atoms with Gasteiger partial charge in [-0.2, -0.15) is 0 Å². The Morgan fingerprint density at radius 2 is 2.18 bits per heavy atom. The van der Waals surface area contributed by atoms with Crippen LogP contribution in [0, 0.1) is 0 Å². The van der Waals surface area contributed by atoms with Crippen LogP contribution in [0.15, 0.2) is 18.3 Å². The van der Waals surface area contributed by atoms with Gasteiger partial charge in [0, 0.05) is 44.0 Å². The number of pyridine rings is 1. The van der Waals surface area contributed by atoms with Crippen LogP contribution in [0.25, 0.3) is 0 Å². The highest BCUT2D eigenvalue weighted by Gasteiger charge is 2.40. The Bertz CT molecular complexity index is 357. The van der Waals surface area contributed by atoms with Crippen molar-refractivity contribution >= 4 is 12.4 Å². The third kappa shape index (κ3) is 2.39. The normalized spacial score (nSPS) is 26.9. The summed E-state index contributed by atoms with van der Waals surface area (Å²) in [7, 11) is 1.65. The number of hydrogen-bond donors (Lipinski definition) is 1. The Hall–Kier alpha value is -0.840. The molecule has 2 bridgehead atoms. The van der Waals surface area contributed by atoms with Crippen LogP contribution < -0.4 is 10.1 Å². The first-order chi connectivity index (χ1) is 7.86. The molecule has 1 N–H and O–H groups in total. The van der Waals surface area contributed by atoms with Crippen LogP contribution in [-0.4, -0.2) is 42.2 Å². The van der Waals surface area contributed by atoms with Crippen LogP contribution in [0.5, 0.6) is 5.88 Å². The van der Waals surface area contributed by atoms with Gasteiger partial charge in [-0.3, -0.25) is 4.90 Å². The molecule has 0 aliphatic carbocycles. The lowest BCUT2D eigenvalue weighted by atomic mass is 9.88. The predicted octanol–water partition coefficient (Wildman–Crippen LogP) is 1.06. The van der Waals surface area contributed by atoms with Gasteiger partial charge < -0.3 is 10.1 Å². The second-order valence-corrected chi connectivity index (χ2v) is 4.58. The van der Waals surface area contributed by atoms with Crippen molar-refractivity contribution in [2.75, 3.05) is 20.2 Å². The summed E-state index contributed by atoms with van der Waals surface area (Å²) in [4.78, 5) is 6.81. The maximum absolute atomic E-state index is 5.05. The molecule has 17 heavy (non-hydrogen) atoms. The molecular weight excluding hydrogens is 238 g/mol. The average molecular weight is 256 g/mol. The zero-order valence-corrected chi connectivity index (χ0v) is 10.7. The highest BCUT2D eigenvalue weighted by Crippen LogP contribution is 2.30. The first-order valence-corrected chi connectivity index (χ1v) is 5.82. The summed E-state index contributed by atoms with van der Waals surface area (Å²) in [5, 5.41) is 3.44. The van der Waals surface area contributed by atoms with Crippen molar-refractivity contribution in [3.63, 3.8) is 0 Å². The number of methoxy groups -OCH3 is 1. The first kappa shape index (κ1) is 12.6. The molecule has 2 aliphatic rings. The van der Waals surface area contributed by atoms with E-state index in [0.717, 1.165) is 31.7 Å². The van der Waals surface area contributed by atoms with Gasteiger partial charge in [0.2, 0.25) is 5.88 Å². The van der Waals surface area contributed by atoms with E-state index in [1.165, 1.54) is 12.0 Å². The fourth-order valence-corrected chi connectivity index (χ4v) is 2.66. The Balaban J connectivity index is 0.00000108. The quantitative estimate of drug-likeness (QED) is 0.877. The van der Waals surface area contributed by atoms with E-state index in [-0.39, 0.29) is 12.4 Å². The van der Waals surface area contributed by atoms with Crippen molar-refractivity contribution in [1.29, 1.82) is 0 Å². The topological polar surface area (TPSA) is 37.4 Å². The van der Waals surface area contributed by atoms with Crippen LogP contribution in [0.4, 0.5) is 0 Å². The van der Waals surface area contributed by atoms with Crippen molar-refractivity contribution in [2.45, 2.75) is 25.0 Å². The zero-order valence-electron chi connectivity index (χ0n) is 9.93. The molecule has 0 amide bonds. The Kier molecular flexibility index (Phi) is 3.86. The molecule has 0 aromatic carbocycles. The summed E-state index contributed by atoms with van der Waals surface area (Å²) in [6, 6.07) is 5.51. The average Bonchev–Trinajstić information content (AvgIpc) is 2.37. The van der Waals surface area contributed by atoms with Crippen LogP contribution in [0.3, 0.4) is 0 Å². The molecule has 2 saturated heterocycles. The molecule has 1 aromatic rings. The van der Waals surface area contributed by atoms with Crippen LogP contribution in [-0.2, 0) is 6.54 Å². The van der Waals surface area contributed by atoms with Crippen molar-refractivity contribution in [1.82, 2.24) is 15.2 Å². The number of nitrogens with zero attached hydrogens (tertiary/aromatic N) is 2. The summed E-state index contributed by atoms with van der Waals surface area (Å²) in [6.45, 7) is 3.30. The van der Waals surface area contributed by atoms with Gasteiger partial charge in [-0.15, -0.1) is 12.4 Å². The van der Waals surface area contributed by atoms with Gasteiger partial charge in [0.15, 0.2) is 0 Å². The molecule has 0 radical (unpaired) electrons. The summed E-state index contributed by atoms with van der Waals surface area (Å²) in [6.07, 6.45) is 3.27. The number of piperidine rings is 1. The fraction of sp³-hybridized carbons (Fsp3) is 0.583. The van der Waals surface area contributed by atoms with Gasteiger partial charge in [-0.1, -0.05) is 6.07 Å². The van der Waals surface area contributed by atoms with Crippen molar-refractivity contribution in [3.8, 4) is 5.88 Å². The van der Waals surface area contributed by atoms with E-state index in [9.17, 15) is 0 Å². The van der Waals surface area contributed by atoms with E-state index in [2.05, 4.69) is 21.3 Å². The van der Waals surface area contributed by atoms with E-state index in [1.807, 2.05) is 12.3 Å². The number of rotatable bonds is 3. The van der Waals surface area contributed by atoms with Crippen LogP contribution in [0.1, 0.15) is 12.0 Å². The van der Waals surface area contributed by atoms with Crippen molar-refractivity contribution in [3.05, 3.63) is 23.9 Å². The molecule has 1 aromatic heterocycles. The monoisotopic (exact) mass is 255 g/mol. The smallest absolute Gasteiger partial charge is 0.212 e. The van der Waals surface area contributed by atoms with E-state index < -0.39 is 0 Å². The number of hydrogen-bond acceptors (Lipinski definition) is 4. The third-order valence-corrected chi connectivity index (χ3v) is 3.61. The summed E-state index contributed by atoms with van der Waals surface area (Å²) in [5.74, 6) is 0.689. The summed E-state index contributed by atoms with van der Waals surface area (Å²) in [5.41, 5.74) is 1.28. The van der Waals surface area contributed by atoms with Gasteiger partial charge in [0.25, 0.3) is 0 Å². The molecule has 2 atom stereocenters. The van der Waals surface area contributed by atoms with E-state index >= 15 is 0 Å². The summed E-state index contributed by atoms with van der Waals surface area (Å²) >= 11 is 0. The number of halogens is 1. The standard InChI is InChI=1S/C12H17N3O.ClH/c1-16-12-3-2-9(5-14-12)8-15-10-4-11(15)7-13-6-10;/h2-3,5,10-11,13H,4,6-8H2,1H3;1H. The molecule has 3 heterocycles. The molecule has 94 valence electrons. The molecule has 0 spiro atoms. The second-order valence-electron chi connectivity index (χ2n) is 4.58. The number of piperazine rings is 1. The lowest BCUT2D eigenvalue weighted by Gasteiger charge is -2.53. The number of ether oxygens (including phenoxy) is 1. The molecular formula is C12H18ClN3O. The minimum Gasteiger partial charge on any atom is -0.481 e. The molecule has 2 fully saturated rings. The third-order valence-electron chi connectivity index (χ3n) is 3.61. The van der Waals surface area contributed by atoms with Crippen LogP contribution >= 0.6 is 12.4 Å². The van der Waals surface area contributed by atoms with Crippen LogP contribution in [0.2, 0.25) is 0 Å². The lowest BCUT2D eigenvalue weighted by molar-refractivity contribution is -0.0207. The highest BCUT2D eigenvalue weighted by molar-refractivity contribution is 5.85. The minimum atomic E-state index is 0. The molecule has 0 saturated carbocycles. The molecule has 3 rings (SSSR count). The Labute approximate surface area is 108 Å². The van der Waals surface area contributed by atoms with Gasteiger partial charge in [-0.25, -0.2) is 4.98 Å². The van der Waals surface area contributed by atoms with Gasteiger partial charge in [0.05, 0.1) is 7.11 Å². The van der Waals surface area contributed by atoms with Gasteiger partial charge in [-0.05, 0) is 12.0 Å². The first-order valence-electron chi connectivity index (χ1n) is 5.82. The molecule has 2 aliphatic heterocycles. The largest absolute Gasteiger partial charge is 0.481 e. The van der Waals surface area contributed by atoms with Gasteiger partial charge in [0.1, 0.15) is 0 Å². The fourth-order valence-electron chi connectivity index (χ4n) is 2.66. The molecule has 4 nitrogen and oxygen atoms in total. The number of fused-ring (bicyclic) bond motifs is 2. The number of nitrogens with one attached hydrogen (secondary N) is 1. The Morgan fingerprint density at radius 3 is 2.71 bits per heavy atom. The SMILES string of the molecule is COc1ccc(CN2C3CNCC2C3)cn1.Cl. The maximum atomic E-state index is 5.05. The maximum Gasteiger partial charge on any atom is 0.212 e. The molecule has 5 heteroatoms. The van der Waals surface area contributed by atoms with E-state index in [0.29, 0.717) is 5.88 Å². The zero-order chi connectivity index (χ0) is 11.0. The lowest BCUT2D eigenvalue weighted by Crippen LogP contribution is -2.67. The Morgan fingerprint density at radius 1 is 1.41 bits per heavy atom. The van der Waals surface area contributed by atoms with E-state index in [4.69, 9.17) is 4.74 Å². The molecule has 2 unspecified atom stereocenters. The van der Waals surface area contributed by atoms with Crippen molar-refractivity contribution < 1.29 is 4.74 Å². The minimum absolute atomic E-state index is 0.